The van der Waals surface area contributed by atoms with Crippen LogP contribution in [0.4, 0.5) is 0 Å². The fourth-order valence-corrected chi connectivity index (χ4v) is 3.86. The standard InChI is InChI=1S/C20H22N6O/c1-14-4-2-3-5-19(14)26-12-16(9-21-26)18-13-24(23-22-18)10-15-8-20(27)25(11-15)17-6-7-17/h2-5,9,12-13,15,17H,6-8,10-11H2,1H3/t15-/m0/s1. The molecule has 2 fully saturated rings. The summed E-state index contributed by atoms with van der Waals surface area (Å²) in [7, 11) is 0. The van der Waals surface area contributed by atoms with E-state index < -0.39 is 0 Å². The zero-order chi connectivity index (χ0) is 18.4. The first kappa shape index (κ1) is 16.2. The van der Waals surface area contributed by atoms with E-state index in [9.17, 15) is 4.79 Å². The largest absolute Gasteiger partial charge is 0.339 e. The Morgan fingerprint density at radius 2 is 2.04 bits per heavy atom. The van der Waals surface area contributed by atoms with Crippen LogP contribution in [0.3, 0.4) is 0 Å². The van der Waals surface area contributed by atoms with Gasteiger partial charge in [-0.3, -0.25) is 9.48 Å². The number of carbonyl (C=O) groups excluding carboxylic acids is 1. The lowest BCUT2D eigenvalue weighted by Crippen LogP contribution is -2.27. The molecule has 1 amide bonds. The molecule has 0 N–H and O–H groups in total. The summed E-state index contributed by atoms with van der Waals surface area (Å²) in [6, 6.07) is 8.65. The molecule has 138 valence electrons. The molecule has 2 aromatic heterocycles. The normalized spacial score (nSPS) is 19.8. The van der Waals surface area contributed by atoms with E-state index in [0.717, 1.165) is 42.9 Å². The molecule has 27 heavy (non-hydrogen) atoms. The molecule has 0 unspecified atom stereocenters. The minimum atomic E-state index is 0.294. The minimum absolute atomic E-state index is 0.294. The van der Waals surface area contributed by atoms with E-state index in [-0.39, 0.29) is 0 Å². The highest BCUT2D eigenvalue weighted by Crippen LogP contribution is 2.33. The maximum absolute atomic E-state index is 12.1. The number of aromatic nitrogens is 5. The highest BCUT2D eigenvalue weighted by atomic mass is 16.2. The number of likely N-dealkylation sites (tertiary alicyclic amines) is 1. The molecular formula is C20H22N6O. The fraction of sp³-hybridized carbons (Fsp3) is 0.400. The van der Waals surface area contributed by atoms with Crippen LogP contribution in [-0.4, -0.2) is 48.2 Å². The second kappa shape index (κ2) is 6.33. The summed E-state index contributed by atoms with van der Waals surface area (Å²) in [5.74, 6) is 0.615. The van der Waals surface area contributed by atoms with Crippen molar-refractivity contribution >= 4 is 5.91 Å². The fourth-order valence-electron chi connectivity index (χ4n) is 3.86. The van der Waals surface area contributed by atoms with Crippen molar-refractivity contribution in [2.45, 2.75) is 38.8 Å². The van der Waals surface area contributed by atoms with Crippen molar-refractivity contribution in [3.8, 4) is 16.9 Å². The van der Waals surface area contributed by atoms with Gasteiger partial charge in [0.1, 0.15) is 5.69 Å². The van der Waals surface area contributed by atoms with E-state index in [1.54, 1.807) is 0 Å². The molecule has 7 nitrogen and oxygen atoms in total. The van der Waals surface area contributed by atoms with Gasteiger partial charge in [0.15, 0.2) is 0 Å². The number of hydrogen-bond donors (Lipinski definition) is 0. The van der Waals surface area contributed by atoms with E-state index in [4.69, 9.17) is 0 Å². The highest BCUT2D eigenvalue weighted by Gasteiger charge is 2.39. The Balaban J connectivity index is 1.30. The van der Waals surface area contributed by atoms with Gasteiger partial charge in [0, 0.05) is 43.2 Å². The van der Waals surface area contributed by atoms with Gasteiger partial charge in [-0.25, -0.2) is 4.68 Å². The van der Waals surface area contributed by atoms with Crippen molar-refractivity contribution in [1.82, 2.24) is 29.7 Å². The van der Waals surface area contributed by atoms with Crippen LogP contribution in [0.1, 0.15) is 24.8 Å². The Labute approximate surface area is 157 Å². The van der Waals surface area contributed by atoms with Gasteiger partial charge in [-0.1, -0.05) is 23.4 Å². The third kappa shape index (κ3) is 3.13. The molecule has 1 aliphatic carbocycles. The molecule has 5 rings (SSSR count). The number of benzene rings is 1. The third-order valence-corrected chi connectivity index (χ3v) is 5.45. The molecule has 1 aromatic carbocycles. The summed E-state index contributed by atoms with van der Waals surface area (Å²) in [5, 5.41) is 13.0. The van der Waals surface area contributed by atoms with Crippen molar-refractivity contribution in [1.29, 1.82) is 0 Å². The van der Waals surface area contributed by atoms with Crippen molar-refractivity contribution in [2.75, 3.05) is 6.54 Å². The summed E-state index contributed by atoms with van der Waals surface area (Å²) in [4.78, 5) is 14.2. The quantitative estimate of drug-likeness (QED) is 0.699. The van der Waals surface area contributed by atoms with Crippen LogP contribution in [0.2, 0.25) is 0 Å². The first-order valence-electron chi connectivity index (χ1n) is 9.48. The molecule has 2 aliphatic rings. The number of para-hydroxylation sites is 1. The Hall–Kier alpha value is -2.96. The monoisotopic (exact) mass is 362 g/mol. The van der Waals surface area contributed by atoms with Gasteiger partial charge < -0.3 is 4.90 Å². The average Bonchev–Trinajstić information content (AvgIpc) is 3.05. The number of rotatable bonds is 5. The van der Waals surface area contributed by atoms with Crippen LogP contribution in [-0.2, 0) is 11.3 Å². The van der Waals surface area contributed by atoms with Crippen LogP contribution >= 0.6 is 0 Å². The zero-order valence-electron chi connectivity index (χ0n) is 15.3. The van der Waals surface area contributed by atoms with Gasteiger partial charge in [0.2, 0.25) is 5.91 Å². The maximum atomic E-state index is 12.1. The van der Waals surface area contributed by atoms with Gasteiger partial charge in [-0.05, 0) is 31.4 Å². The Morgan fingerprint density at radius 3 is 2.85 bits per heavy atom. The van der Waals surface area contributed by atoms with Crippen molar-refractivity contribution < 1.29 is 4.79 Å². The van der Waals surface area contributed by atoms with E-state index >= 15 is 0 Å². The second-order valence-electron chi connectivity index (χ2n) is 7.63. The molecule has 0 radical (unpaired) electrons. The number of hydrogen-bond acceptors (Lipinski definition) is 4. The van der Waals surface area contributed by atoms with Crippen molar-refractivity contribution in [3.63, 3.8) is 0 Å². The second-order valence-corrected chi connectivity index (χ2v) is 7.63. The summed E-state index contributed by atoms with van der Waals surface area (Å²) >= 11 is 0. The molecule has 3 heterocycles. The van der Waals surface area contributed by atoms with Crippen LogP contribution < -0.4 is 0 Å². The third-order valence-electron chi connectivity index (χ3n) is 5.45. The predicted octanol–water partition coefficient (Wildman–Crippen LogP) is 2.45. The molecule has 1 saturated carbocycles. The van der Waals surface area contributed by atoms with E-state index in [1.807, 2.05) is 46.2 Å². The van der Waals surface area contributed by atoms with Crippen LogP contribution in [0, 0.1) is 12.8 Å². The minimum Gasteiger partial charge on any atom is -0.339 e. The topological polar surface area (TPSA) is 68.8 Å². The summed E-state index contributed by atoms with van der Waals surface area (Å²) < 4.78 is 3.72. The van der Waals surface area contributed by atoms with E-state index in [1.165, 1.54) is 5.56 Å². The smallest absolute Gasteiger partial charge is 0.223 e. The van der Waals surface area contributed by atoms with Crippen molar-refractivity contribution in [3.05, 3.63) is 48.4 Å². The Bertz CT molecular complexity index is 986. The number of carbonyl (C=O) groups is 1. The molecule has 1 saturated heterocycles. The lowest BCUT2D eigenvalue weighted by Gasteiger charge is -2.15. The SMILES string of the molecule is Cc1ccccc1-n1cc(-c2cn(C[C@@H]3CC(=O)N(C4CC4)C3)nn2)cn1. The zero-order valence-corrected chi connectivity index (χ0v) is 15.3. The summed E-state index contributed by atoms with van der Waals surface area (Å²) in [5.41, 5.74) is 3.97. The molecule has 0 bridgehead atoms. The highest BCUT2D eigenvalue weighted by molar-refractivity contribution is 5.79. The summed E-state index contributed by atoms with van der Waals surface area (Å²) in [6.07, 6.45) is 8.69. The van der Waals surface area contributed by atoms with Gasteiger partial charge in [0.05, 0.1) is 18.1 Å². The van der Waals surface area contributed by atoms with Gasteiger partial charge in [0.25, 0.3) is 0 Å². The van der Waals surface area contributed by atoms with E-state index in [2.05, 4.69) is 33.3 Å². The van der Waals surface area contributed by atoms with Crippen molar-refractivity contribution in [2.24, 2.45) is 5.92 Å². The average molecular weight is 362 g/mol. The van der Waals surface area contributed by atoms with Crippen LogP contribution in [0.25, 0.3) is 16.9 Å². The number of amides is 1. The first-order chi connectivity index (χ1) is 13.2. The van der Waals surface area contributed by atoms with Crippen LogP contribution in [0.15, 0.2) is 42.9 Å². The molecule has 1 aliphatic heterocycles. The summed E-state index contributed by atoms with van der Waals surface area (Å²) in [6.45, 7) is 3.65. The molecule has 7 heteroatoms. The lowest BCUT2D eigenvalue weighted by atomic mass is 10.1. The maximum Gasteiger partial charge on any atom is 0.223 e. The molecular weight excluding hydrogens is 340 g/mol. The molecule has 3 aromatic rings. The Kier molecular flexibility index (Phi) is 3.81. The van der Waals surface area contributed by atoms with Gasteiger partial charge >= 0.3 is 0 Å². The number of nitrogens with zero attached hydrogens (tertiary/aromatic N) is 6. The van der Waals surface area contributed by atoms with Gasteiger partial charge in [-0.2, -0.15) is 5.10 Å². The molecule has 0 spiro atoms. The predicted molar refractivity (Wildman–Crippen MR) is 100 cm³/mol. The molecule has 1 atom stereocenters. The van der Waals surface area contributed by atoms with E-state index in [0.29, 0.717) is 24.3 Å². The van der Waals surface area contributed by atoms with Gasteiger partial charge in [-0.15, -0.1) is 5.10 Å². The number of aryl methyl sites for hydroxylation is 1. The first-order valence-corrected chi connectivity index (χ1v) is 9.48. The Morgan fingerprint density at radius 1 is 1.19 bits per heavy atom. The lowest BCUT2D eigenvalue weighted by molar-refractivity contribution is -0.128. The van der Waals surface area contributed by atoms with Crippen LogP contribution in [0.5, 0.6) is 0 Å².